The Hall–Kier alpha value is -2.80. The van der Waals surface area contributed by atoms with Crippen LogP contribution >= 0.6 is 0 Å². The lowest BCUT2D eigenvalue weighted by Crippen LogP contribution is -2.46. The lowest BCUT2D eigenvalue weighted by Gasteiger charge is -2.34. The monoisotopic (exact) mass is 368 g/mol. The highest BCUT2D eigenvalue weighted by atomic mass is 16.5. The molecule has 1 saturated heterocycles. The highest BCUT2D eigenvalue weighted by Gasteiger charge is 2.20. The summed E-state index contributed by atoms with van der Waals surface area (Å²) in [6, 6.07) is 9.77. The average Bonchev–Trinajstić information content (AvgIpc) is 3.10. The summed E-state index contributed by atoms with van der Waals surface area (Å²) in [6.07, 6.45) is 1.75. The second kappa shape index (κ2) is 7.84. The van der Waals surface area contributed by atoms with Crippen molar-refractivity contribution < 1.29 is 13.9 Å². The number of fused-ring (bicyclic) bond motifs is 1. The first-order valence-electron chi connectivity index (χ1n) is 9.25. The van der Waals surface area contributed by atoms with Crippen LogP contribution in [0.5, 0.6) is 11.6 Å². The fraction of sp³-hybridized carbons (Fsp3) is 0.400. The highest BCUT2D eigenvalue weighted by molar-refractivity contribution is 5.79. The van der Waals surface area contributed by atoms with Crippen LogP contribution in [0.4, 0.5) is 5.95 Å². The summed E-state index contributed by atoms with van der Waals surface area (Å²) in [4.78, 5) is 13.5. The minimum Gasteiger partial charge on any atom is -0.497 e. The number of furan rings is 1. The average molecular weight is 368 g/mol. The first kappa shape index (κ1) is 17.6. The van der Waals surface area contributed by atoms with Crippen LogP contribution in [0.3, 0.4) is 0 Å². The Morgan fingerprint density at radius 3 is 2.74 bits per heavy atom. The zero-order valence-corrected chi connectivity index (χ0v) is 15.7. The number of nitrogens with zero attached hydrogens (tertiary/aromatic N) is 4. The van der Waals surface area contributed by atoms with Crippen molar-refractivity contribution in [2.45, 2.75) is 13.5 Å². The summed E-state index contributed by atoms with van der Waals surface area (Å²) >= 11 is 0. The van der Waals surface area contributed by atoms with Gasteiger partial charge in [-0.15, -0.1) is 0 Å². The van der Waals surface area contributed by atoms with E-state index in [0.717, 1.165) is 61.2 Å². The molecule has 4 rings (SSSR count). The van der Waals surface area contributed by atoms with Crippen LogP contribution in [0.1, 0.15) is 12.7 Å². The van der Waals surface area contributed by atoms with Crippen molar-refractivity contribution in [3.8, 4) is 11.6 Å². The number of aromatic nitrogens is 2. The van der Waals surface area contributed by atoms with Crippen LogP contribution in [0.2, 0.25) is 0 Å². The summed E-state index contributed by atoms with van der Waals surface area (Å²) in [5, 5.41) is 1.07. The molecule has 1 aromatic carbocycles. The molecule has 1 aliphatic rings. The smallest absolute Gasteiger partial charge is 0.228 e. The van der Waals surface area contributed by atoms with E-state index in [1.54, 1.807) is 19.4 Å². The van der Waals surface area contributed by atoms with Gasteiger partial charge >= 0.3 is 0 Å². The van der Waals surface area contributed by atoms with Gasteiger partial charge in [-0.25, -0.2) is 4.98 Å². The van der Waals surface area contributed by atoms with E-state index in [-0.39, 0.29) is 0 Å². The van der Waals surface area contributed by atoms with E-state index < -0.39 is 0 Å². The second-order valence-corrected chi connectivity index (χ2v) is 6.51. The Labute approximate surface area is 158 Å². The lowest BCUT2D eigenvalue weighted by molar-refractivity contribution is 0.231. The van der Waals surface area contributed by atoms with Gasteiger partial charge in [0, 0.05) is 43.8 Å². The lowest BCUT2D eigenvalue weighted by atomic mass is 10.2. The van der Waals surface area contributed by atoms with Crippen LogP contribution < -0.4 is 14.4 Å². The molecule has 0 saturated carbocycles. The molecule has 0 N–H and O–H groups in total. The first-order chi connectivity index (χ1) is 13.2. The molecule has 1 fully saturated rings. The summed E-state index contributed by atoms with van der Waals surface area (Å²) in [7, 11) is 1.68. The molecular weight excluding hydrogens is 344 g/mol. The van der Waals surface area contributed by atoms with Gasteiger partial charge in [-0.2, -0.15) is 4.98 Å². The third-order valence-electron chi connectivity index (χ3n) is 4.72. The van der Waals surface area contributed by atoms with E-state index in [9.17, 15) is 0 Å². The molecular formula is C20H24N4O3. The fourth-order valence-corrected chi connectivity index (χ4v) is 3.32. The SMILES string of the molecule is CCOc1ccnc(N2CCN(Cc3cc4cc(OC)ccc4o3)CC2)n1. The molecule has 2 aromatic heterocycles. The molecule has 27 heavy (non-hydrogen) atoms. The number of ether oxygens (including phenoxy) is 2. The van der Waals surface area contributed by atoms with Crippen LogP contribution in [0.25, 0.3) is 11.0 Å². The molecule has 0 radical (unpaired) electrons. The number of rotatable bonds is 6. The molecule has 0 atom stereocenters. The zero-order valence-electron chi connectivity index (χ0n) is 15.7. The topological polar surface area (TPSA) is 63.9 Å². The number of hydrogen-bond donors (Lipinski definition) is 0. The zero-order chi connectivity index (χ0) is 18.6. The normalized spacial score (nSPS) is 15.3. The maximum atomic E-state index is 5.97. The largest absolute Gasteiger partial charge is 0.497 e. The molecule has 0 unspecified atom stereocenters. The van der Waals surface area contributed by atoms with Gasteiger partial charge in [0.05, 0.1) is 20.3 Å². The molecule has 0 amide bonds. The van der Waals surface area contributed by atoms with Gasteiger partial charge in [0.15, 0.2) is 0 Å². The fourth-order valence-electron chi connectivity index (χ4n) is 3.32. The summed E-state index contributed by atoms with van der Waals surface area (Å²) < 4.78 is 16.7. The molecule has 142 valence electrons. The Kier molecular flexibility index (Phi) is 5.11. The molecule has 7 nitrogen and oxygen atoms in total. The van der Waals surface area contributed by atoms with Gasteiger partial charge in [0.2, 0.25) is 11.8 Å². The highest BCUT2D eigenvalue weighted by Crippen LogP contribution is 2.25. The third kappa shape index (κ3) is 3.98. The second-order valence-electron chi connectivity index (χ2n) is 6.51. The Bertz CT molecular complexity index is 903. The molecule has 7 heteroatoms. The predicted octanol–water partition coefficient (Wildman–Crippen LogP) is 2.95. The number of methoxy groups -OCH3 is 1. The Balaban J connectivity index is 1.37. The van der Waals surface area contributed by atoms with Gasteiger partial charge in [-0.1, -0.05) is 0 Å². The molecule has 1 aliphatic heterocycles. The first-order valence-corrected chi connectivity index (χ1v) is 9.25. The van der Waals surface area contributed by atoms with Crippen LogP contribution in [0.15, 0.2) is 40.9 Å². The Morgan fingerprint density at radius 1 is 1.11 bits per heavy atom. The molecule has 0 spiro atoms. The van der Waals surface area contributed by atoms with E-state index in [4.69, 9.17) is 13.9 Å². The number of piperazine rings is 1. The van der Waals surface area contributed by atoms with E-state index in [1.165, 1.54) is 0 Å². The van der Waals surface area contributed by atoms with Gasteiger partial charge in [-0.05, 0) is 31.2 Å². The van der Waals surface area contributed by atoms with Crippen molar-refractivity contribution in [2.75, 3.05) is 44.8 Å². The van der Waals surface area contributed by atoms with Crippen molar-refractivity contribution in [2.24, 2.45) is 0 Å². The number of hydrogen-bond acceptors (Lipinski definition) is 7. The Morgan fingerprint density at radius 2 is 1.96 bits per heavy atom. The van der Waals surface area contributed by atoms with E-state index >= 15 is 0 Å². The van der Waals surface area contributed by atoms with Gasteiger partial charge in [-0.3, -0.25) is 4.90 Å². The minimum absolute atomic E-state index is 0.605. The number of benzene rings is 1. The van der Waals surface area contributed by atoms with Crippen molar-refractivity contribution in [1.82, 2.24) is 14.9 Å². The number of anilines is 1. The predicted molar refractivity (Wildman–Crippen MR) is 103 cm³/mol. The van der Waals surface area contributed by atoms with E-state index in [0.29, 0.717) is 12.5 Å². The van der Waals surface area contributed by atoms with E-state index in [1.807, 2.05) is 25.1 Å². The van der Waals surface area contributed by atoms with Crippen molar-refractivity contribution >= 4 is 16.9 Å². The van der Waals surface area contributed by atoms with Crippen molar-refractivity contribution in [3.63, 3.8) is 0 Å². The van der Waals surface area contributed by atoms with Gasteiger partial charge in [0.1, 0.15) is 17.1 Å². The standard InChI is InChI=1S/C20H24N4O3/c1-3-26-19-6-7-21-20(22-19)24-10-8-23(9-11-24)14-17-13-15-12-16(25-2)4-5-18(15)27-17/h4-7,12-13H,3,8-11,14H2,1-2H3. The van der Waals surface area contributed by atoms with Gasteiger partial charge < -0.3 is 18.8 Å². The molecule has 0 bridgehead atoms. The summed E-state index contributed by atoms with van der Waals surface area (Å²) in [5.41, 5.74) is 0.894. The minimum atomic E-state index is 0.605. The summed E-state index contributed by atoms with van der Waals surface area (Å²) in [6.45, 7) is 6.98. The van der Waals surface area contributed by atoms with Crippen LogP contribution in [0, 0.1) is 0 Å². The molecule has 3 heterocycles. The third-order valence-corrected chi connectivity index (χ3v) is 4.72. The molecule has 0 aliphatic carbocycles. The summed E-state index contributed by atoms with van der Waals surface area (Å²) in [5.74, 6) is 3.18. The molecule has 3 aromatic rings. The maximum Gasteiger partial charge on any atom is 0.228 e. The quantitative estimate of drug-likeness (QED) is 0.663. The van der Waals surface area contributed by atoms with E-state index in [2.05, 4.69) is 25.8 Å². The van der Waals surface area contributed by atoms with Crippen LogP contribution in [-0.2, 0) is 6.54 Å². The van der Waals surface area contributed by atoms with Gasteiger partial charge in [0.25, 0.3) is 0 Å². The van der Waals surface area contributed by atoms with Crippen molar-refractivity contribution in [3.05, 3.63) is 42.3 Å². The van der Waals surface area contributed by atoms with Crippen molar-refractivity contribution in [1.29, 1.82) is 0 Å². The maximum absolute atomic E-state index is 5.97. The van der Waals surface area contributed by atoms with Crippen LogP contribution in [-0.4, -0.2) is 54.8 Å².